The van der Waals surface area contributed by atoms with Gasteiger partial charge in [0.25, 0.3) is 0 Å². The Hall–Kier alpha value is -5.29. The van der Waals surface area contributed by atoms with E-state index >= 15 is 0 Å². The fourth-order valence-electron chi connectivity index (χ4n) is 11.8. The fourth-order valence-corrected chi connectivity index (χ4v) is 11.8. The van der Waals surface area contributed by atoms with Crippen LogP contribution in [0.15, 0.2) is 39.2 Å². The number of benzene rings is 7. The summed E-state index contributed by atoms with van der Waals surface area (Å²) in [5.74, 6) is 1.96. The van der Waals surface area contributed by atoms with Crippen LogP contribution in [0.4, 0.5) is 0 Å². The topological polar surface area (TPSA) is 65.0 Å². The molecule has 10 aromatic rings. The van der Waals surface area contributed by atoms with Gasteiger partial charge in [-0.3, -0.25) is 0 Å². The van der Waals surface area contributed by atoms with E-state index in [0.717, 1.165) is 60.7 Å². The normalized spacial score (nSPS) is 11.8. The van der Waals surface area contributed by atoms with Crippen molar-refractivity contribution in [3.05, 3.63) is 30.3 Å². The number of furan rings is 2. The predicted molar refractivity (Wildman–Crippen MR) is 357 cm³/mol. The zero-order valence-electron chi connectivity index (χ0n) is 44.0. The minimum Gasteiger partial charge on any atom is -0.457 e. The van der Waals surface area contributed by atoms with Gasteiger partial charge in [-0.15, -0.1) is 16.4 Å². The van der Waals surface area contributed by atoms with Crippen LogP contribution in [0, 0.1) is 0 Å². The van der Waals surface area contributed by atoms with Crippen LogP contribution in [0.2, 0.25) is 0 Å². The van der Waals surface area contributed by atoms with Gasteiger partial charge in [0.15, 0.2) is 17.5 Å². The molecule has 3 heterocycles. The summed E-state index contributed by atoms with van der Waals surface area (Å²) < 4.78 is 14.1. The Labute approximate surface area is 417 Å². The summed E-state index contributed by atoms with van der Waals surface area (Å²) in [6.07, 6.45) is 0. The molecule has 0 aliphatic heterocycles. The molecule has 0 bridgehead atoms. The number of aromatic nitrogens is 3. The molecule has 7 aromatic carbocycles. The van der Waals surface area contributed by atoms with Crippen LogP contribution in [0.25, 0.3) is 99.9 Å². The average Bonchev–Trinajstić information content (AvgIpc) is 3.93. The van der Waals surface area contributed by atoms with Crippen LogP contribution in [0.5, 0.6) is 0 Å². The molecular formula is C43H45B20N3O2. The van der Waals surface area contributed by atoms with E-state index in [1.54, 1.807) is 0 Å². The van der Waals surface area contributed by atoms with Crippen molar-refractivity contribution < 1.29 is 8.83 Å². The molecule has 0 aliphatic rings. The Morgan fingerprint density at radius 2 is 0.500 bits per heavy atom. The Bertz CT molecular complexity index is 3990. The maximum Gasteiger partial charge on any atom is 0.164 e. The largest absolute Gasteiger partial charge is 0.457 e. The second-order valence-corrected chi connectivity index (χ2v) is 20.4. The highest BCUT2D eigenvalue weighted by atomic mass is 16.3. The first-order valence-electron chi connectivity index (χ1n) is 24.3. The number of rotatable bonds is 4. The van der Waals surface area contributed by atoms with Gasteiger partial charge < -0.3 is 8.83 Å². The molecule has 0 aliphatic carbocycles. The standard InChI is InChI=1S/C43H45B20N3O2/c44-17-7(9-11-13-21(48)27(54)31(58)35(62)39(13)67-37(11)33(60)29(56)19(9)46)8-10(20(47)25(17)52)15(23(50)26(53)18(8)45)42-64-41(6-4-2-1-3-5-6)65-43(66-42)16-12-14-22(49)28(55)32(59)36(63)40(14)68-38(12)34(61)30(57)24(16)51/h1-5H,44-63H2. The third-order valence-electron chi connectivity index (χ3n) is 17.7. The van der Waals surface area contributed by atoms with Crippen molar-refractivity contribution in [1.29, 1.82) is 0 Å². The van der Waals surface area contributed by atoms with Gasteiger partial charge in [-0.2, -0.15) is 0 Å². The van der Waals surface area contributed by atoms with Crippen molar-refractivity contribution in [2.75, 3.05) is 0 Å². The van der Waals surface area contributed by atoms with E-state index in [9.17, 15) is 0 Å². The number of nitrogens with zero attached hydrogens (tertiary/aromatic N) is 3. The van der Waals surface area contributed by atoms with E-state index in [1.165, 1.54) is 131 Å². The van der Waals surface area contributed by atoms with Gasteiger partial charge in [-0.1, -0.05) is 123 Å². The first kappa shape index (κ1) is 46.4. The molecule has 68 heavy (non-hydrogen) atoms. The number of hydrogen-bond donors (Lipinski definition) is 0. The fraction of sp³-hybridized carbons (Fsp3) is 0. The Balaban J connectivity index is 1.41. The van der Waals surface area contributed by atoms with Gasteiger partial charge >= 0.3 is 0 Å². The Morgan fingerprint density at radius 3 is 0.926 bits per heavy atom. The summed E-state index contributed by atoms with van der Waals surface area (Å²) >= 11 is 0. The molecule has 0 N–H and O–H groups in total. The molecule has 25 heteroatoms. The van der Waals surface area contributed by atoms with Crippen LogP contribution in [0.3, 0.4) is 0 Å². The van der Waals surface area contributed by atoms with Crippen molar-refractivity contribution >= 4 is 321 Å². The van der Waals surface area contributed by atoms with E-state index in [2.05, 4.69) is 181 Å². The van der Waals surface area contributed by atoms with Gasteiger partial charge in [0.1, 0.15) is 179 Å². The third kappa shape index (κ3) is 6.21. The summed E-state index contributed by atoms with van der Waals surface area (Å²) in [5.41, 5.74) is 34.0. The number of fused-ring (bicyclic) bond motifs is 7. The quantitative estimate of drug-likeness (QED) is 0.165. The lowest BCUT2D eigenvalue weighted by Crippen LogP contribution is -2.48. The molecule has 3 aromatic heterocycles. The van der Waals surface area contributed by atoms with Gasteiger partial charge in [-0.25, -0.2) is 15.0 Å². The summed E-state index contributed by atoms with van der Waals surface area (Å²) in [4.78, 5) is 16.7. The lowest BCUT2D eigenvalue weighted by Gasteiger charge is -2.27. The van der Waals surface area contributed by atoms with E-state index in [1.807, 2.05) is 6.07 Å². The first-order valence-corrected chi connectivity index (χ1v) is 24.3. The Kier molecular flexibility index (Phi) is 11.0. The van der Waals surface area contributed by atoms with E-state index < -0.39 is 0 Å². The maximum absolute atomic E-state index is 7.08. The zero-order chi connectivity index (χ0) is 49.0. The molecule has 0 atom stereocenters. The SMILES string of the molecule is Bc1c(B)c(B)c2c(oc3c(B)c(B)c(B)c(-c4nc(-c5ccccc5)nc(-c5c(B)c(B)c(B)c6c(-c7c(B)c(B)c(B)c8oc9c(B)c(B)c(B)c(B)c9c78)c(B)c(B)c(B)c56)n4)c32)c1B. The summed E-state index contributed by atoms with van der Waals surface area (Å²) in [6.45, 7) is 0. The van der Waals surface area contributed by atoms with Crippen LogP contribution in [-0.4, -0.2) is 172 Å². The van der Waals surface area contributed by atoms with E-state index in [4.69, 9.17) is 23.8 Å². The lowest BCUT2D eigenvalue weighted by molar-refractivity contribution is 0.674. The van der Waals surface area contributed by atoms with Gasteiger partial charge in [-0.05, 0) is 21.9 Å². The van der Waals surface area contributed by atoms with Crippen LogP contribution < -0.4 is 109 Å². The monoisotopic (exact) mass is 856 g/mol. The van der Waals surface area contributed by atoms with Crippen molar-refractivity contribution in [3.63, 3.8) is 0 Å². The van der Waals surface area contributed by atoms with Gasteiger partial charge in [0, 0.05) is 38.2 Å². The molecular weight excluding hydrogens is 807 g/mol. The molecule has 10 rings (SSSR count). The highest BCUT2D eigenvalue weighted by Crippen LogP contribution is 2.37. The minimum absolute atomic E-state index is 0.643. The molecule has 0 fully saturated rings. The van der Waals surface area contributed by atoms with Crippen LogP contribution in [-0.2, 0) is 0 Å². The van der Waals surface area contributed by atoms with Crippen molar-refractivity contribution in [2.45, 2.75) is 0 Å². The molecule has 0 saturated heterocycles. The second kappa shape index (κ2) is 16.1. The maximum atomic E-state index is 7.08. The second-order valence-electron chi connectivity index (χ2n) is 20.4. The average molecular weight is 852 g/mol. The molecule has 0 radical (unpaired) electrons. The zero-order valence-corrected chi connectivity index (χ0v) is 44.0. The van der Waals surface area contributed by atoms with E-state index in [-0.39, 0.29) is 0 Å². The van der Waals surface area contributed by atoms with E-state index in [0.29, 0.717) is 17.5 Å². The predicted octanol–water partition coefficient (Wildman–Crippen LogP) is -23.3. The molecule has 0 amide bonds. The van der Waals surface area contributed by atoms with Crippen molar-refractivity contribution in [3.8, 4) is 45.3 Å². The molecule has 304 valence electrons. The lowest BCUT2D eigenvalue weighted by atomic mass is 9.59. The summed E-state index contributed by atoms with van der Waals surface area (Å²) in [5, 5.41) is 7.08. The molecule has 0 unspecified atom stereocenters. The van der Waals surface area contributed by atoms with Gasteiger partial charge in [0.05, 0.1) is 0 Å². The third-order valence-corrected chi connectivity index (χ3v) is 17.7. The first-order chi connectivity index (χ1) is 32.1. The summed E-state index contributed by atoms with van der Waals surface area (Å²) in [7, 11) is 45.1. The molecule has 0 spiro atoms. The summed E-state index contributed by atoms with van der Waals surface area (Å²) in [6, 6.07) is 10.4. The van der Waals surface area contributed by atoms with Crippen molar-refractivity contribution in [2.24, 2.45) is 0 Å². The van der Waals surface area contributed by atoms with Gasteiger partial charge in [0.2, 0.25) is 0 Å². The highest BCUT2D eigenvalue weighted by molar-refractivity contribution is 6.73. The highest BCUT2D eigenvalue weighted by Gasteiger charge is 2.30. The minimum atomic E-state index is 0.643. The molecule has 5 nitrogen and oxygen atoms in total. The van der Waals surface area contributed by atoms with Crippen molar-refractivity contribution in [1.82, 2.24) is 15.0 Å². The van der Waals surface area contributed by atoms with Crippen LogP contribution >= 0.6 is 0 Å². The number of hydrogen-bond acceptors (Lipinski definition) is 5. The van der Waals surface area contributed by atoms with Crippen LogP contribution in [0.1, 0.15) is 0 Å². The Morgan fingerprint density at radius 1 is 0.235 bits per heavy atom. The molecule has 0 saturated carbocycles. The smallest absolute Gasteiger partial charge is 0.164 e.